The summed E-state index contributed by atoms with van der Waals surface area (Å²) in [6, 6.07) is 11.3. The number of allylic oxidation sites excluding steroid dienone is 1. The van der Waals surface area contributed by atoms with Gasteiger partial charge in [-0.1, -0.05) is 31.0 Å². The van der Waals surface area contributed by atoms with E-state index < -0.39 is 0 Å². The molecule has 1 aliphatic rings. The van der Waals surface area contributed by atoms with Gasteiger partial charge in [-0.25, -0.2) is 4.98 Å². The predicted octanol–water partition coefficient (Wildman–Crippen LogP) is 3.43. The second kappa shape index (κ2) is 8.88. The molecule has 0 fully saturated rings. The van der Waals surface area contributed by atoms with E-state index in [1.165, 1.54) is 0 Å². The molecule has 6 heteroatoms. The molecule has 4 rings (SSSR count). The average Bonchev–Trinajstić information content (AvgIpc) is 3.27. The Labute approximate surface area is 180 Å². The molecule has 6 nitrogen and oxygen atoms in total. The van der Waals surface area contributed by atoms with Gasteiger partial charge in [0, 0.05) is 5.39 Å². The van der Waals surface area contributed by atoms with Gasteiger partial charge in [0.15, 0.2) is 0 Å². The van der Waals surface area contributed by atoms with Gasteiger partial charge < -0.3 is 15.1 Å². The van der Waals surface area contributed by atoms with E-state index in [-0.39, 0.29) is 24.9 Å². The third-order valence-electron chi connectivity index (χ3n) is 5.30. The van der Waals surface area contributed by atoms with Crippen molar-refractivity contribution in [2.75, 3.05) is 13.1 Å². The number of aromatic nitrogens is 1. The summed E-state index contributed by atoms with van der Waals surface area (Å²) < 4.78 is 5.51. The maximum absolute atomic E-state index is 13.2. The number of nitrogens with zero attached hydrogens (tertiary/aromatic N) is 1. The summed E-state index contributed by atoms with van der Waals surface area (Å²) in [6.07, 6.45) is 10.4. The van der Waals surface area contributed by atoms with Crippen LogP contribution in [0.25, 0.3) is 22.6 Å². The molecule has 0 radical (unpaired) electrons. The number of rotatable bonds is 5. The van der Waals surface area contributed by atoms with Crippen molar-refractivity contribution in [2.24, 2.45) is 5.92 Å². The second-order valence-electron chi connectivity index (χ2n) is 7.69. The van der Waals surface area contributed by atoms with Gasteiger partial charge in [0.1, 0.15) is 5.76 Å². The van der Waals surface area contributed by atoms with Crippen LogP contribution in [0.2, 0.25) is 0 Å². The van der Waals surface area contributed by atoms with E-state index in [1.807, 2.05) is 42.5 Å². The fraction of sp³-hybridized carbons (Fsp3) is 0.240. The Balaban J connectivity index is 1.78. The first-order valence-electron chi connectivity index (χ1n) is 10.2. The normalized spacial score (nSPS) is 16.5. The van der Waals surface area contributed by atoms with Crippen molar-refractivity contribution in [3.05, 3.63) is 65.2 Å². The first kappa shape index (κ1) is 20.4. The van der Waals surface area contributed by atoms with Gasteiger partial charge in [-0.2, -0.15) is 0 Å². The minimum atomic E-state index is -0.328. The summed E-state index contributed by atoms with van der Waals surface area (Å²) in [5.74, 6) is 2.81. The van der Waals surface area contributed by atoms with Gasteiger partial charge in [-0.15, -0.1) is 6.42 Å². The Bertz CT molecular complexity index is 1200. The van der Waals surface area contributed by atoms with E-state index in [1.54, 1.807) is 6.26 Å². The van der Waals surface area contributed by atoms with Gasteiger partial charge in [-0.3, -0.25) is 9.59 Å². The summed E-state index contributed by atoms with van der Waals surface area (Å²) in [7, 11) is 0. The van der Waals surface area contributed by atoms with E-state index in [9.17, 15) is 9.59 Å². The molecule has 0 spiro atoms. The van der Waals surface area contributed by atoms with E-state index in [0.717, 1.165) is 46.3 Å². The zero-order valence-electron chi connectivity index (χ0n) is 17.3. The van der Waals surface area contributed by atoms with Crippen molar-refractivity contribution in [1.29, 1.82) is 0 Å². The second-order valence-corrected chi connectivity index (χ2v) is 7.69. The number of nitrogens with one attached hydrogen (secondary N) is 2. The molecule has 0 saturated heterocycles. The van der Waals surface area contributed by atoms with E-state index in [2.05, 4.69) is 23.5 Å². The van der Waals surface area contributed by atoms with Crippen LogP contribution in [-0.2, 0) is 11.2 Å². The number of benzene rings is 1. The molecule has 1 aliphatic carbocycles. The van der Waals surface area contributed by atoms with E-state index in [0.29, 0.717) is 11.5 Å². The number of amides is 2. The molecular formula is C25H23N3O3. The summed E-state index contributed by atoms with van der Waals surface area (Å²) in [5, 5.41) is 6.07. The van der Waals surface area contributed by atoms with Crippen LogP contribution in [0.3, 0.4) is 0 Å². The molecular weight excluding hydrogens is 390 g/mol. The Kier molecular flexibility index (Phi) is 5.85. The lowest BCUT2D eigenvalue weighted by atomic mass is 9.80. The molecule has 2 amide bonds. The fourth-order valence-electron chi connectivity index (χ4n) is 4.00. The number of furan rings is 1. The van der Waals surface area contributed by atoms with E-state index >= 15 is 0 Å². The van der Waals surface area contributed by atoms with Crippen molar-refractivity contribution in [3.63, 3.8) is 0 Å². The highest BCUT2D eigenvalue weighted by Crippen LogP contribution is 2.38. The van der Waals surface area contributed by atoms with Crippen molar-refractivity contribution in [3.8, 4) is 12.3 Å². The molecule has 31 heavy (non-hydrogen) atoms. The molecule has 156 valence electrons. The Morgan fingerprint density at radius 2 is 2.06 bits per heavy atom. The van der Waals surface area contributed by atoms with Crippen LogP contribution in [0.4, 0.5) is 0 Å². The van der Waals surface area contributed by atoms with Crippen LogP contribution < -0.4 is 10.6 Å². The zero-order valence-corrected chi connectivity index (χ0v) is 17.3. The third kappa shape index (κ3) is 4.36. The van der Waals surface area contributed by atoms with Gasteiger partial charge in [0.05, 0.1) is 36.1 Å². The Morgan fingerprint density at radius 3 is 2.84 bits per heavy atom. The molecule has 1 aromatic carbocycles. The SMILES string of the molecule is C#CCNC(=O)CNC(=O)c1c2c(nc3ccccc13)/C(=C\c1ccco1)CC(C)C2. The maximum atomic E-state index is 13.2. The summed E-state index contributed by atoms with van der Waals surface area (Å²) in [4.78, 5) is 30.1. The average molecular weight is 413 g/mol. The lowest BCUT2D eigenvalue weighted by Gasteiger charge is -2.26. The van der Waals surface area contributed by atoms with Gasteiger partial charge in [0.2, 0.25) is 5.91 Å². The lowest BCUT2D eigenvalue weighted by Crippen LogP contribution is -2.37. The smallest absolute Gasteiger partial charge is 0.252 e. The Morgan fingerprint density at radius 1 is 1.23 bits per heavy atom. The summed E-state index contributed by atoms with van der Waals surface area (Å²) in [6.45, 7) is 2.14. The molecule has 0 saturated carbocycles. The molecule has 2 N–H and O–H groups in total. The quantitative estimate of drug-likeness (QED) is 0.628. The molecule has 0 bridgehead atoms. The van der Waals surface area contributed by atoms with Gasteiger partial charge >= 0.3 is 0 Å². The number of hydrogen-bond donors (Lipinski definition) is 2. The molecule has 2 aromatic heterocycles. The van der Waals surface area contributed by atoms with Crippen LogP contribution in [0.5, 0.6) is 0 Å². The highest BCUT2D eigenvalue weighted by Gasteiger charge is 2.28. The topological polar surface area (TPSA) is 84.2 Å². The number of fused-ring (bicyclic) bond motifs is 2. The zero-order chi connectivity index (χ0) is 21.8. The third-order valence-corrected chi connectivity index (χ3v) is 5.30. The fourth-order valence-corrected chi connectivity index (χ4v) is 4.00. The number of carbonyl (C=O) groups is 2. The lowest BCUT2D eigenvalue weighted by molar-refractivity contribution is -0.119. The van der Waals surface area contributed by atoms with Crippen molar-refractivity contribution in [2.45, 2.75) is 19.8 Å². The van der Waals surface area contributed by atoms with Crippen molar-refractivity contribution in [1.82, 2.24) is 15.6 Å². The number of pyridine rings is 1. The summed E-state index contributed by atoms with van der Waals surface area (Å²) in [5.41, 5.74) is 4.06. The van der Waals surface area contributed by atoms with Gasteiger partial charge in [-0.05, 0) is 54.2 Å². The number of hydrogen-bond acceptors (Lipinski definition) is 4. The first-order chi connectivity index (χ1) is 15.1. The van der Waals surface area contributed by atoms with Crippen molar-refractivity contribution < 1.29 is 14.0 Å². The first-order valence-corrected chi connectivity index (χ1v) is 10.2. The molecule has 0 aliphatic heterocycles. The monoisotopic (exact) mass is 413 g/mol. The predicted molar refractivity (Wildman–Crippen MR) is 120 cm³/mol. The molecule has 2 heterocycles. The molecule has 1 unspecified atom stereocenters. The highest BCUT2D eigenvalue weighted by molar-refractivity contribution is 6.09. The maximum Gasteiger partial charge on any atom is 0.252 e. The summed E-state index contributed by atoms with van der Waals surface area (Å²) >= 11 is 0. The van der Waals surface area contributed by atoms with Gasteiger partial charge in [0.25, 0.3) is 5.91 Å². The number of para-hydroxylation sites is 1. The number of terminal acetylenes is 1. The molecule has 1 atom stereocenters. The van der Waals surface area contributed by atoms with Crippen LogP contribution in [0.1, 0.15) is 40.7 Å². The molecule has 3 aromatic rings. The van der Waals surface area contributed by atoms with E-state index in [4.69, 9.17) is 15.8 Å². The minimum Gasteiger partial charge on any atom is -0.465 e. The number of carbonyl (C=O) groups excluding carboxylic acids is 2. The Hall–Kier alpha value is -3.85. The van der Waals surface area contributed by atoms with Crippen LogP contribution >= 0.6 is 0 Å². The van der Waals surface area contributed by atoms with Crippen molar-refractivity contribution >= 4 is 34.4 Å². The van der Waals surface area contributed by atoms with Crippen LogP contribution in [-0.4, -0.2) is 29.9 Å². The minimum absolute atomic E-state index is 0.126. The largest absolute Gasteiger partial charge is 0.465 e. The standard InChI is InChI=1S/C25H23N3O3/c1-3-10-26-22(29)15-27-25(30)23-19-8-4-5-9-21(19)28-24-17(12-16(2)13-20(23)24)14-18-7-6-11-31-18/h1,4-9,11,14,16H,10,12-13,15H2,2H3,(H,26,29)(H,27,30)/b17-14-. The highest BCUT2D eigenvalue weighted by atomic mass is 16.3. The van der Waals surface area contributed by atoms with Crippen LogP contribution in [0, 0.1) is 18.3 Å². The van der Waals surface area contributed by atoms with Crippen LogP contribution in [0.15, 0.2) is 47.1 Å².